The van der Waals surface area contributed by atoms with E-state index >= 15 is 0 Å². The molecule has 0 saturated carbocycles. The molecule has 0 spiro atoms. The monoisotopic (exact) mass is 250 g/mol. The molecule has 1 aliphatic rings. The highest BCUT2D eigenvalue weighted by molar-refractivity contribution is 5.23. The summed E-state index contributed by atoms with van der Waals surface area (Å²) in [6.07, 6.45) is 9.06. The van der Waals surface area contributed by atoms with E-state index < -0.39 is 0 Å². The summed E-state index contributed by atoms with van der Waals surface area (Å²) in [5.41, 5.74) is 5.11. The van der Waals surface area contributed by atoms with Crippen molar-refractivity contribution in [3.05, 3.63) is 22.8 Å². The van der Waals surface area contributed by atoms with Gasteiger partial charge in [0.05, 0.1) is 6.10 Å². The van der Waals surface area contributed by atoms with E-state index in [0.717, 1.165) is 12.8 Å². The molecule has 1 atom stereocenters. The van der Waals surface area contributed by atoms with Gasteiger partial charge in [-0.3, -0.25) is 0 Å². The maximum absolute atomic E-state index is 9.29. The van der Waals surface area contributed by atoms with Crippen molar-refractivity contribution < 1.29 is 5.11 Å². The Morgan fingerprint density at radius 3 is 2.67 bits per heavy atom. The van der Waals surface area contributed by atoms with E-state index in [-0.39, 0.29) is 6.10 Å². The summed E-state index contributed by atoms with van der Waals surface area (Å²) in [5.74, 6) is 0. The SMILES string of the molecule is CC1=C(CC/C(C)=C\CC(C)O)C(C)(C)CCC1. The molecule has 18 heavy (non-hydrogen) atoms. The molecule has 0 aromatic rings. The molecule has 104 valence electrons. The van der Waals surface area contributed by atoms with Gasteiger partial charge in [-0.05, 0) is 64.7 Å². The van der Waals surface area contributed by atoms with Gasteiger partial charge in [0.2, 0.25) is 0 Å². The molecule has 0 bridgehead atoms. The second kappa shape index (κ2) is 6.56. The Bertz CT molecular complexity index is 332. The molecule has 1 rings (SSSR count). The fourth-order valence-corrected chi connectivity index (χ4v) is 3.02. The standard InChI is InChI=1S/C17H30O/c1-13(8-10-15(3)18)9-11-16-14(2)7-6-12-17(16,4)5/h8,15,18H,6-7,9-12H2,1-5H3/b13-8-. The van der Waals surface area contributed by atoms with Crippen molar-refractivity contribution in [2.24, 2.45) is 5.41 Å². The van der Waals surface area contributed by atoms with Crippen LogP contribution in [0.15, 0.2) is 22.8 Å². The van der Waals surface area contributed by atoms with Gasteiger partial charge < -0.3 is 5.11 Å². The lowest BCUT2D eigenvalue weighted by Gasteiger charge is -2.35. The van der Waals surface area contributed by atoms with Crippen molar-refractivity contribution in [3.63, 3.8) is 0 Å². The number of hydrogen-bond donors (Lipinski definition) is 1. The van der Waals surface area contributed by atoms with Crippen LogP contribution in [0.1, 0.15) is 73.1 Å². The van der Waals surface area contributed by atoms with Gasteiger partial charge >= 0.3 is 0 Å². The largest absolute Gasteiger partial charge is 0.393 e. The van der Waals surface area contributed by atoms with Crippen molar-refractivity contribution in [1.82, 2.24) is 0 Å². The summed E-state index contributed by atoms with van der Waals surface area (Å²) in [4.78, 5) is 0. The fourth-order valence-electron chi connectivity index (χ4n) is 3.02. The second-order valence-electron chi connectivity index (χ2n) is 6.63. The topological polar surface area (TPSA) is 20.2 Å². The molecule has 1 aliphatic carbocycles. The molecular formula is C17H30O. The molecule has 0 radical (unpaired) electrons. The molecule has 0 aromatic heterocycles. The molecule has 0 aromatic carbocycles. The highest BCUT2D eigenvalue weighted by Gasteiger charge is 2.27. The quantitative estimate of drug-likeness (QED) is 0.680. The Hall–Kier alpha value is -0.560. The zero-order valence-corrected chi connectivity index (χ0v) is 12.8. The van der Waals surface area contributed by atoms with Crippen LogP contribution in [-0.4, -0.2) is 11.2 Å². The van der Waals surface area contributed by atoms with Crippen molar-refractivity contribution in [2.75, 3.05) is 0 Å². The molecule has 0 fully saturated rings. The summed E-state index contributed by atoms with van der Waals surface area (Å²) in [5, 5.41) is 9.29. The number of rotatable bonds is 5. The van der Waals surface area contributed by atoms with Gasteiger partial charge in [0, 0.05) is 0 Å². The minimum absolute atomic E-state index is 0.216. The predicted octanol–water partition coefficient (Wildman–Crippen LogP) is 5.01. The highest BCUT2D eigenvalue weighted by Crippen LogP contribution is 2.42. The first-order valence-corrected chi connectivity index (χ1v) is 7.35. The Morgan fingerprint density at radius 1 is 1.44 bits per heavy atom. The number of hydrogen-bond acceptors (Lipinski definition) is 1. The average Bonchev–Trinajstić information content (AvgIpc) is 2.24. The van der Waals surface area contributed by atoms with E-state index in [9.17, 15) is 5.11 Å². The molecule has 0 saturated heterocycles. The van der Waals surface area contributed by atoms with Gasteiger partial charge in [0.1, 0.15) is 0 Å². The van der Waals surface area contributed by atoms with E-state index in [4.69, 9.17) is 0 Å². The first kappa shape index (κ1) is 15.5. The van der Waals surface area contributed by atoms with Gasteiger partial charge in [-0.1, -0.05) is 36.6 Å². The first-order chi connectivity index (χ1) is 8.33. The van der Waals surface area contributed by atoms with Crippen LogP contribution < -0.4 is 0 Å². The second-order valence-corrected chi connectivity index (χ2v) is 6.63. The Balaban J connectivity index is 2.59. The smallest absolute Gasteiger partial charge is 0.0546 e. The normalized spacial score (nSPS) is 22.2. The maximum Gasteiger partial charge on any atom is 0.0546 e. The summed E-state index contributed by atoms with van der Waals surface area (Å²) in [6, 6.07) is 0. The lowest BCUT2D eigenvalue weighted by molar-refractivity contribution is 0.198. The third kappa shape index (κ3) is 4.61. The molecular weight excluding hydrogens is 220 g/mol. The van der Waals surface area contributed by atoms with E-state index in [1.807, 2.05) is 6.92 Å². The lowest BCUT2D eigenvalue weighted by Crippen LogP contribution is -2.20. The van der Waals surface area contributed by atoms with Crippen molar-refractivity contribution in [1.29, 1.82) is 0 Å². The minimum atomic E-state index is -0.216. The van der Waals surface area contributed by atoms with Crippen LogP contribution in [0, 0.1) is 5.41 Å². The van der Waals surface area contributed by atoms with Gasteiger partial charge in [-0.15, -0.1) is 0 Å². The number of allylic oxidation sites excluding steroid dienone is 3. The van der Waals surface area contributed by atoms with Crippen LogP contribution in [0.25, 0.3) is 0 Å². The summed E-state index contributed by atoms with van der Waals surface area (Å²) in [7, 11) is 0. The van der Waals surface area contributed by atoms with Crippen LogP contribution >= 0.6 is 0 Å². The van der Waals surface area contributed by atoms with Gasteiger partial charge in [-0.25, -0.2) is 0 Å². The fraction of sp³-hybridized carbons (Fsp3) is 0.765. The van der Waals surface area contributed by atoms with Crippen LogP contribution in [0.4, 0.5) is 0 Å². The predicted molar refractivity (Wildman–Crippen MR) is 79.6 cm³/mol. The number of aliphatic hydroxyl groups excluding tert-OH is 1. The van der Waals surface area contributed by atoms with Gasteiger partial charge in [0.15, 0.2) is 0 Å². The lowest BCUT2D eigenvalue weighted by atomic mass is 9.71. The van der Waals surface area contributed by atoms with Gasteiger partial charge in [0.25, 0.3) is 0 Å². The molecule has 1 nitrogen and oxygen atoms in total. The van der Waals surface area contributed by atoms with Crippen LogP contribution in [-0.2, 0) is 0 Å². The van der Waals surface area contributed by atoms with Crippen molar-refractivity contribution >= 4 is 0 Å². The molecule has 0 aliphatic heterocycles. The van der Waals surface area contributed by atoms with Crippen LogP contribution in [0.3, 0.4) is 0 Å². The summed E-state index contributed by atoms with van der Waals surface area (Å²) in [6.45, 7) is 11.1. The Kier molecular flexibility index (Phi) is 5.65. The van der Waals surface area contributed by atoms with Crippen LogP contribution in [0.2, 0.25) is 0 Å². The van der Waals surface area contributed by atoms with Crippen molar-refractivity contribution in [3.8, 4) is 0 Å². The molecule has 0 amide bonds. The number of aliphatic hydroxyl groups is 1. The molecule has 1 N–H and O–H groups in total. The summed E-state index contributed by atoms with van der Waals surface area (Å²) >= 11 is 0. The third-order valence-electron chi connectivity index (χ3n) is 4.26. The minimum Gasteiger partial charge on any atom is -0.393 e. The molecule has 1 unspecified atom stereocenters. The van der Waals surface area contributed by atoms with Crippen LogP contribution in [0.5, 0.6) is 0 Å². The maximum atomic E-state index is 9.29. The van der Waals surface area contributed by atoms with Crippen molar-refractivity contribution in [2.45, 2.75) is 79.2 Å². The van der Waals surface area contributed by atoms with E-state index in [2.05, 4.69) is 33.8 Å². The molecule has 0 heterocycles. The summed E-state index contributed by atoms with van der Waals surface area (Å²) < 4.78 is 0. The van der Waals surface area contributed by atoms with Gasteiger partial charge in [-0.2, -0.15) is 0 Å². The van der Waals surface area contributed by atoms with E-state index in [0.29, 0.717) is 5.41 Å². The average molecular weight is 250 g/mol. The Labute approximate surface area is 113 Å². The zero-order chi connectivity index (χ0) is 13.8. The highest BCUT2D eigenvalue weighted by atomic mass is 16.3. The Morgan fingerprint density at radius 2 is 2.11 bits per heavy atom. The van der Waals surface area contributed by atoms with E-state index in [1.165, 1.54) is 31.3 Å². The third-order valence-corrected chi connectivity index (χ3v) is 4.26. The molecule has 1 heteroatoms. The first-order valence-electron chi connectivity index (χ1n) is 7.35. The van der Waals surface area contributed by atoms with E-state index in [1.54, 1.807) is 11.1 Å². The zero-order valence-electron chi connectivity index (χ0n) is 12.8.